The minimum absolute atomic E-state index is 0.306. The van der Waals surface area contributed by atoms with E-state index in [-0.39, 0.29) is 9.79 Å². The van der Waals surface area contributed by atoms with E-state index in [4.69, 9.17) is 0 Å². The topological polar surface area (TPSA) is 157 Å². The molecule has 0 bridgehead atoms. The third kappa shape index (κ3) is 13.4. The average Bonchev–Trinajstić information content (AvgIpc) is 3.64. The van der Waals surface area contributed by atoms with Crippen LogP contribution in [0.4, 0.5) is 11.4 Å². The molecule has 274 valence electrons. The molecule has 0 unspecified atom stereocenters. The molecule has 0 aliphatic carbocycles. The van der Waals surface area contributed by atoms with Crippen molar-refractivity contribution < 1.29 is 35.1 Å². The van der Waals surface area contributed by atoms with E-state index in [1.54, 1.807) is 41.5 Å². The van der Waals surface area contributed by atoms with Crippen LogP contribution in [-0.2, 0) is 47.4 Å². The van der Waals surface area contributed by atoms with Gasteiger partial charge in [0.2, 0.25) is 12.7 Å². The maximum absolute atomic E-state index is 11.3. The van der Waals surface area contributed by atoms with Crippen LogP contribution < -0.4 is 9.13 Å². The minimum atomic E-state index is -4.56. The summed E-state index contributed by atoms with van der Waals surface area (Å²) in [5, 5.41) is 0. The molecule has 0 atom stereocenters. The van der Waals surface area contributed by atoms with E-state index in [2.05, 4.69) is 79.5 Å². The smallest absolute Gasteiger partial charge is 0.243 e. The van der Waals surface area contributed by atoms with E-state index >= 15 is 0 Å². The van der Waals surface area contributed by atoms with Crippen molar-refractivity contribution in [3.8, 4) is 0 Å². The van der Waals surface area contributed by atoms with Gasteiger partial charge in [-0.1, -0.05) is 26.7 Å². The molecule has 0 saturated heterocycles. The number of unbranched alkanes of at least 4 members (excludes halogenated alkanes) is 2. The first-order chi connectivity index (χ1) is 23.3. The van der Waals surface area contributed by atoms with Crippen LogP contribution in [0.15, 0.2) is 81.5 Å². The summed E-state index contributed by atoms with van der Waals surface area (Å²) in [6.45, 7) is 16.8. The Hall–Kier alpha value is -3.98. The minimum Gasteiger partial charge on any atom is -0.744 e. The quantitative estimate of drug-likeness (QED) is 0.107. The highest BCUT2D eigenvalue weighted by Gasteiger charge is 2.12. The van der Waals surface area contributed by atoms with Gasteiger partial charge in [-0.15, -0.1) is 0 Å². The number of hydrogen-bond acceptors (Lipinski definition) is 8. The molecule has 0 N–H and O–H groups in total. The molecule has 14 heteroatoms. The van der Waals surface area contributed by atoms with Crippen LogP contribution in [0.2, 0.25) is 0 Å². The number of benzene rings is 2. The number of aromatic nitrogens is 4. The predicted molar refractivity (Wildman–Crippen MR) is 194 cm³/mol. The normalized spacial score (nSPS) is 12.2. The number of aryl methyl sites for hydroxylation is 8. The van der Waals surface area contributed by atoms with Crippen LogP contribution in [-0.4, -0.2) is 46.5 Å². The fourth-order valence-electron chi connectivity index (χ4n) is 4.92. The second-order valence-corrected chi connectivity index (χ2v) is 15.2. The van der Waals surface area contributed by atoms with Crippen molar-refractivity contribution in [3.05, 3.63) is 84.0 Å². The maximum atomic E-state index is 11.3. The Morgan fingerprint density at radius 1 is 0.640 bits per heavy atom. The first-order valence-electron chi connectivity index (χ1n) is 16.5. The number of aliphatic imine (C=N–C) groups is 2. The summed E-state index contributed by atoms with van der Waals surface area (Å²) in [6.07, 6.45) is 17.6. The molecule has 12 nitrogen and oxygen atoms in total. The second kappa shape index (κ2) is 18.9. The second-order valence-electron chi connectivity index (χ2n) is 12.5. The molecule has 0 fully saturated rings. The van der Waals surface area contributed by atoms with E-state index in [0.717, 1.165) is 13.1 Å². The Bertz CT molecular complexity index is 1830. The van der Waals surface area contributed by atoms with Gasteiger partial charge in [-0.3, -0.25) is 9.98 Å². The molecule has 2 heterocycles. The van der Waals surface area contributed by atoms with Gasteiger partial charge in [0.1, 0.15) is 45.0 Å². The molecule has 2 aromatic carbocycles. The largest absolute Gasteiger partial charge is 0.744 e. The zero-order valence-electron chi connectivity index (χ0n) is 31.0. The molecule has 0 saturated carbocycles. The lowest BCUT2D eigenvalue weighted by Crippen LogP contribution is -2.23. The molecule has 0 aliphatic heterocycles. The Morgan fingerprint density at radius 2 is 0.940 bits per heavy atom. The fraction of sp³-hybridized carbons (Fsp3) is 0.444. The molecule has 0 aliphatic rings. The van der Waals surface area contributed by atoms with Gasteiger partial charge in [0.05, 0.1) is 59.8 Å². The van der Waals surface area contributed by atoms with E-state index in [9.17, 15) is 25.9 Å². The summed E-state index contributed by atoms with van der Waals surface area (Å²) < 4.78 is 76.1. The highest BCUT2D eigenvalue weighted by Crippen LogP contribution is 2.29. The van der Waals surface area contributed by atoms with Crippen LogP contribution in [0.5, 0.6) is 0 Å². The summed E-state index contributed by atoms with van der Waals surface area (Å²) in [6, 6.07) is 5.13. The average molecular weight is 729 g/mol. The van der Waals surface area contributed by atoms with Gasteiger partial charge in [-0.25, -0.2) is 35.1 Å². The van der Waals surface area contributed by atoms with Crippen molar-refractivity contribution in [3.63, 3.8) is 0 Å². The molecule has 2 aromatic heterocycles. The van der Waals surface area contributed by atoms with Gasteiger partial charge in [0, 0.05) is 0 Å². The summed E-state index contributed by atoms with van der Waals surface area (Å²) in [7, 11) is -5.03. The Labute approximate surface area is 298 Å². The van der Waals surface area contributed by atoms with Gasteiger partial charge in [0.15, 0.2) is 0 Å². The summed E-state index contributed by atoms with van der Waals surface area (Å²) in [4.78, 5) is 8.46. The van der Waals surface area contributed by atoms with Crippen LogP contribution in [0, 0.1) is 27.7 Å². The predicted octanol–water partition coefficient (Wildman–Crippen LogP) is 5.84. The third-order valence-electron chi connectivity index (χ3n) is 7.78. The lowest BCUT2D eigenvalue weighted by molar-refractivity contribution is -0.671. The lowest BCUT2D eigenvalue weighted by atomic mass is 10.1. The first kappa shape index (κ1) is 42.2. The lowest BCUT2D eigenvalue weighted by Gasteiger charge is -2.14. The van der Waals surface area contributed by atoms with Gasteiger partial charge >= 0.3 is 0 Å². The molecular weight excluding hydrogens is 677 g/mol. The Kier molecular flexibility index (Phi) is 15.9. The Morgan fingerprint density at radius 3 is 1.16 bits per heavy atom. The van der Waals surface area contributed by atoms with Crippen molar-refractivity contribution in [2.24, 2.45) is 24.1 Å². The summed E-state index contributed by atoms with van der Waals surface area (Å²) in [5.41, 5.74) is 4.33. The molecule has 4 rings (SSSR count). The van der Waals surface area contributed by atoms with Gasteiger partial charge in [-0.05, 0) is 101 Å². The highest BCUT2D eigenvalue weighted by molar-refractivity contribution is 7.86. The van der Waals surface area contributed by atoms with Gasteiger partial charge < -0.3 is 9.11 Å². The standard InChI is InChI=1S/C20H24N2O6S2.2C8H15N2/c1-11-7-17(29(23,24)25)8-12(2)19(11)21-15(5)16(6)22-20-13(3)9-18(10-14(20)4)30(26,27)28;2*1-3-4-5-10-7-6-9(2)8-10/h7-10H,1-6H3,(H,23,24,25)(H,26,27,28);2*6-8H,3-5H2,1-2H3/q;2*+1/p-2. The van der Waals surface area contributed by atoms with E-state index in [1.807, 2.05) is 14.1 Å². The highest BCUT2D eigenvalue weighted by atomic mass is 32.2. The number of nitrogens with zero attached hydrogens (tertiary/aromatic N) is 6. The molecule has 0 amide bonds. The summed E-state index contributed by atoms with van der Waals surface area (Å²) >= 11 is 0. The van der Waals surface area contributed by atoms with Crippen molar-refractivity contribution in [2.45, 2.75) is 104 Å². The first-order valence-corrected chi connectivity index (χ1v) is 19.4. The van der Waals surface area contributed by atoms with Gasteiger partial charge in [0.25, 0.3) is 0 Å². The number of rotatable bonds is 11. The number of imidazole rings is 2. The fourth-order valence-corrected chi connectivity index (χ4v) is 6.20. The van der Waals surface area contributed by atoms with Gasteiger partial charge in [-0.2, -0.15) is 0 Å². The molecule has 0 radical (unpaired) electrons. The van der Waals surface area contributed by atoms with Crippen LogP contribution in [0.3, 0.4) is 0 Å². The molecule has 50 heavy (non-hydrogen) atoms. The maximum Gasteiger partial charge on any atom is 0.243 e. The summed E-state index contributed by atoms with van der Waals surface area (Å²) in [5.74, 6) is 0. The molecule has 0 spiro atoms. The third-order valence-corrected chi connectivity index (χ3v) is 9.40. The zero-order valence-corrected chi connectivity index (χ0v) is 32.6. The van der Waals surface area contributed by atoms with Crippen LogP contribution in [0.1, 0.15) is 75.6 Å². The van der Waals surface area contributed by atoms with E-state index in [1.165, 1.54) is 49.9 Å². The SMILES string of the molecule is CC(=Nc1c(C)cc(S(=O)(=O)[O-])cc1C)C(C)=Nc1c(C)cc(S(=O)(=O)[O-])cc1C.CCCCn1cc[n+](C)c1.CCCCn1cc[n+](C)c1. The van der Waals surface area contributed by atoms with Crippen molar-refractivity contribution in [1.82, 2.24) is 9.13 Å². The molecular formula is C36H52N6O6S2. The zero-order chi connectivity index (χ0) is 37.8. The van der Waals surface area contributed by atoms with E-state index in [0.29, 0.717) is 45.1 Å². The van der Waals surface area contributed by atoms with Crippen LogP contribution >= 0.6 is 0 Å². The van der Waals surface area contributed by atoms with Crippen molar-refractivity contribution in [2.75, 3.05) is 0 Å². The molecule has 4 aromatic rings. The van der Waals surface area contributed by atoms with Crippen molar-refractivity contribution in [1.29, 1.82) is 0 Å². The van der Waals surface area contributed by atoms with Crippen LogP contribution in [0.25, 0.3) is 0 Å². The van der Waals surface area contributed by atoms with Crippen molar-refractivity contribution >= 4 is 43.0 Å². The number of hydrogen-bond donors (Lipinski definition) is 0. The Balaban J connectivity index is 0.000000348. The van der Waals surface area contributed by atoms with E-state index < -0.39 is 20.2 Å². The monoisotopic (exact) mass is 728 g/mol.